The quantitative estimate of drug-likeness (QED) is 0.635. The highest BCUT2D eigenvalue weighted by Gasteiger charge is 1.98. The molecule has 0 unspecified atom stereocenters. The van der Waals surface area contributed by atoms with Crippen LogP contribution in [0.25, 0.3) is 0 Å². The minimum absolute atomic E-state index is 1.08. The molecule has 0 aromatic heterocycles. The summed E-state index contributed by atoms with van der Waals surface area (Å²) >= 11 is 0. The van der Waals surface area contributed by atoms with Gasteiger partial charge in [0.2, 0.25) is 0 Å². The fourth-order valence-electron chi connectivity index (χ4n) is 2.42. The topological polar surface area (TPSA) is 24.1 Å². The molecular weight excluding hydrogens is 268 g/mol. The van der Waals surface area contributed by atoms with Crippen LogP contribution < -0.4 is 10.6 Å². The number of nitrogens with one attached hydrogen (secondary N) is 2. The molecule has 3 rings (SSSR count). The Bertz CT molecular complexity index is 694. The molecule has 0 spiro atoms. The first-order valence-corrected chi connectivity index (χ1v) is 7.46. The molecule has 3 aromatic carbocycles. The van der Waals surface area contributed by atoms with Gasteiger partial charge in [0.25, 0.3) is 0 Å². The van der Waals surface area contributed by atoms with Crippen molar-refractivity contribution in [3.05, 3.63) is 83.9 Å². The van der Waals surface area contributed by atoms with E-state index in [1.807, 2.05) is 0 Å². The number of aryl methyl sites for hydroxylation is 2. The highest BCUT2D eigenvalue weighted by molar-refractivity contribution is 5.66. The molecule has 2 N–H and O–H groups in total. The molecule has 0 saturated carbocycles. The van der Waals surface area contributed by atoms with Gasteiger partial charge in [0.1, 0.15) is 0 Å². The normalized spacial score (nSPS) is 10.3. The zero-order valence-electron chi connectivity index (χ0n) is 12.9. The third-order valence-corrected chi connectivity index (χ3v) is 3.50. The molecule has 0 aliphatic carbocycles. The first-order valence-electron chi connectivity index (χ1n) is 7.46. The van der Waals surface area contributed by atoms with Crippen molar-refractivity contribution in [1.29, 1.82) is 0 Å². The predicted octanol–water partition coefficient (Wildman–Crippen LogP) is 5.79. The van der Waals surface area contributed by atoms with E-state index >= 15 is 0 Å². The summed E-state index contributed by atoms with van der Waals surface area (Å²) in [6.45, 7) is 4.19. The Balaban J connectivity index is 1.70. The van der Waals surface area contributed by atoms with Gasteiger partial charge in [-0.1, -0.05) is 24.3 Å². The molecule has 22 heavy (non-hydrogen) atoms. The van der Waals surface area contributed by atoms with Crippen LogP contribution in [0.4, 0.5) is 22.7 Å². The van der Waals surface area contributed by atoms with Gasteiger partial charge < -0.3 is 10.6 Å². The minimum atomic E-state index is 1.08. The molecule has 0 bridgehead atoms. The second kappa shape index (κ2) is 6.35. The van der Waals surface area contributed by atoms with E-state index in [0.717, 1.165) is 22.7 Å². The van der Waals surface area contributed by atoms with E-state index in [1.165, 1.54) is 11.1 Å². The Kier molecular flexibility index (Phi) is 4.10. The lowest BCUT2D eigenvalue weighted by Gasteiger charge is -2.10. The van der Waals surface area contributed by atoms with E-state index in [1.54, 1.807) is 0 Å². The van der Waals surface area contributed by atoms with Gasteiger partial charge >= 0.3 is 0 Å². The summed E-state index contributed by atoms with van der Waals surface area (Å²) in [5.74, 6) is 0. The highest BCUT2D eigenvalue weighted by Crippen LogP contribution is 2.22. The van der Waals surface area contributed by atoms with Crippen molar-refractivity contribution in [2.45, 2.75) is 13.8 Å². The monoisotopic (exact) mass is 288 g/mol. The van der Waals surface area contributed by atoms with Gasteiger partial charge in [-0.15, -0.1) is 0 Å². The third-order valence-electron chi connectivity index (χ3n) is 3.50. The lowest BCUT2D eigenvalue weighted by atomic mass is 10.2. The molecule has 2 nitrogen and oxygen atoms in total. The molecule has 2 heteroatoms. The van der Waals surface area contributed by atoms with Gasteiger partial charge in [0.15, 0.2) is 0 Å². The molecule has 0 amide bonds. The third kappa shape index (κ3) is 3.67. The van der Waals surface area contributed by atoms with Crippen molar-refractivity contribution in [3.8, 4) is 0 Å². The average molecular weight is 288 g/mol. The molecule has 0 saturated heterocycles. The van der Waals surface area contributed by atoms with Gasteiger partial charge in [-0.05, 0) is 73.5 Å². The molecule has 0 heterocycles. The van der Waals surface area contributed by atoms with Crippen LogP contribution in [0.1, 0.15) is 11.1 Å². The Morgan fingerprint density at radius 2 is 0.909 bits per heavy atom. The van der Waals surface area contributed by atoms with E-state index in [9.17, 15) is 0 Å². The van der Waals surface area contributed by atoms with E-state index in [0.29, 0.717) is 0 Å². The lowest BCUT2D eigenvalue weighted by molar-refractivity contribution is 1.44. The van der Waals surface area contributed by atoms with Gasteiger partial charge in [0, 0.05) is 22.7 Å². The summed E-state index contributed by atoms with van der Waals surface area (Å²) in [6.07, 6.45) is 0. The fourth-order valence-corrected chi connectivity index (χ4v) is 2.42. The zero-order valence-corrected chi connectivity index (χ0v) is 12.9. The number of hydrogen-bond donors (Lipinski definition) is 2. The molecule has 110 valence electrons. The molecule has 0 aliphatic rings. The van der Waals surface area contributed by atoms with Crippen LogP contribution in [-0.2, 0) is 0 Å². The van der Waals surface area contributed by atoms with Crippen LogP contribution >= 0.6 is 0 Å². The summed E-state index contributed by atoms with van der Waals surface area (Å²) < 4.78 is 0. The van der Waals surface area contributed by atoms with Crippen LogP contribution in [0.15, 0.2) is 72.8 Å². The maximum absolute atomic E-state index is 3.42. The van der Waals surface area contributed by atoms with Gasteiger partial charge in [-0.2, -0.15) is 0 Å². The van der Waals surface area contributed by atoms with E-state index in [-0.39, 0.29) is 0 Å². The second-order valence-corrected chi connectivity index (χ2v) is 5.57. The number of hydrogen-bond acceptors (Lipinski definition) is 2. The van der Waals surface area contributed by atoms with Crippen molar-refractivity contribution in [2.24, 2.45) is 0 Å². The Hall–Kier alpha value is -2.74. The Morgan fingerprint density at radius 1 is 0.500 bits per heavy atom. The van der Waals surface area contributed by atoms with E-state index in [2.05, 4.69) is 97.3 Å². The molecule has 0 fully saturated rings. The maximum Gasteiger partial charge on any atom is 0.0386 e. The predicted molar refractivity (Wildman–Crippen MR) is 95.4 cm³/mol. The molecule has 0 radical (unpaired) electrons. The van der Waals surface area contributed by atoms with Crippen LogP contribution in [0, 0.1) is 13.8 Å². The summed E-state index contributed by atoms with van der Waals surface area (Å²) in [7, 11) is 0. The van der Waals surface area contributed by atoms with Crippen LogP contribution in [0.3, 0.4) is 0 Å². The zero-order chi connectivity index (χ0) is 15.4. The van der Waals surface area contributed by atoms with E-state index < -0.39 is 0 Å². The Morgan fingerprint density at radius 3 is 1.27 bits per heavy atom. The van der Waals surface area contributed by atoms with Gasteiger partial charge in [-0.3, -0.25) is 0 Å². The number of rotatable bonds is 4. The molecular formula is C20H20N2. The average Bonchev–Trinajstić information content (AvgIpc) is 2.49. The maximum atomic E-state index is 3.42. The highest BCUT2D eigenvalue weighted by atomic mass is 14.9. The van der Waals surface area contributed by atoms with Crippen molar-refractivity contribution >= 4 is 22.7 Å². The van der Waals surface area contributed by atoms with Crippen molar-refractivity contribution in [3.63, 3.8) is 0 Å². The van der Waals surface area contributed by atoms with Crippen molar-refractivity contribution in [2.75, 3.05) is 10.6 Å². The lowest BCUT2D eigenvalue weighted by Crippen LogP contribution is -1.93. The minimum Gasteiger partial charge on any atom is -0.356 e. The summed E-state index contributed by atoms with van der Waals surface area (Å²) in [4.78, 5) is 0. The van der Waals surface area contributed by atoms with Crippen LogP contribution in [0.2, 0.25) is 0 Å². The summed E-state index contributed by atoms with van der Waals surface area (Å²) in [6, 6.07) is 25.1. The van der Waals surface area contributed by atoms with Gasteiger partial charge in [-0.25, -0.2) is 0 Å². The molecule has 0 atom stereocenters. The van der Waals surface area contributed by atoms with Gasteiger partial charge in [0.05, 0.1) is 0 Å². The number of anilines is 4. The first-order chi connectivity index (χ1) is 10.7. The molecule has 0 aliphatic heterocycles. The summed E-state index contributed by atoms with van der Waals surface area (Å²) in [5.41, 5.74) is 6.89. The largest absolute Gasteiger partial charge is 0.356 e. The smallest absolute Gasteiger partial charge is 0.0386 e. The fraction of sp³-hybridized carbons (Fsp3) is 0.100. The second-order valence-electron chi connectivity index (χ2n) is 5.57. The standard InChI is InChI=1S/C20H20N2/c1-15-5-3-7-19(13-15)21-17-9-11-18(12-10-17)22-20-8-4-6-16(2)14-20/h3-14,21-22H,1-2H3. The molecule has 3 aromatic rings. The van der Waals surface area contributed by atoms with Crippen LogP contribution in [0.5, 0.6) is 0 Å². The van der Waals surface area contributed by atoms with Crippen molar-refractivity contribution < 1.29 is 0 Å². The summed E-state index contributed by atoms with van der Waals surface area (Å²) in [5, 5.41) is 6.83. The first kappa shape index (κ1) is 14.2. The van der Waals surface area contributed by atoms with E-state index in [4.69, 9.17) is 0 Å². The van der Waals surface area contributed by atoms with Crippen molar-refractivity contribution in [1.82, 2.24) is 0 Å². The SMILES string of the molecule is Cc1cccc(Nc2ccc(Nc3cccc(C)c3)cc2)c1. The number of benzene rings is 3. The Labute approximate surface area is 131 Å². The van der Waals surface area contributed by atoms with Crippen LogP contribution in [-0.4, -0.2) is 0 Å².